The fourth-order valence-corrected chi connectivity index (χ4v) is 2.62. The van der Waals surface area contributed by atoms with Gasteiger partial charge in [-0.15, -0.1) is 0 Å². The van der Waals surface area contributed by atoms with E-state index in [2.05, 4.69) is 10.6 Å². The molecule has 0 atom stereocenters. The molecular formula is C17H26N2O2. The van der Waals surface area contributed by atoms with Crippen molar-refractivity contribution in [2.45, 2.75) is 32.3 Å². The highest BCUT2D eigenvalue weighted by Gasteiger charge is 2.14. The topological polar surface area (TPSA) is 50.4 Å². The standard InChI is InChI=1S/C17H26N2O2/c20-17(7-6-15-8-10-18-11-9-15)19-12-13-21-14-16-4-2-1-3-5-16/h1-5,15,18H,6-14H2,(H,19,20). The Labute approximate surface area is 127 Å². The van der Waals surface area contributed by atoms with Crippen LogP contribution in [0.5, 0.6) is 0 Å². The Bertz CT molecular complexity index is 403. The molecule has 1 aliphatic heterocycles. The van der Waals surface area contributed by atoms with E-state index in [1.54, 1.807) is 0 Å². The highest BCUT2D eigenvalue weighted by molar-refractivity contribution is 5.75. The number of ether oxygens (including phenoxy) is 1. The molecule has 0 aromatic heterocycles. The number of benzene rings is 1. The molecule has 1 saturated heterocycles. The Balaban J connectivity index is 1.47. The lowest BCUT2D eigenvalue weighted by Gasteiger charge is -2.22. The second-order valence-electron chi connectivity index (χ2n) is 5.62. The van der Waals surface area contributed by atoms with Crippen LogP contribution in [0.25, 0.3) is 0 Å². The summed E-state index contributed by atoms with van der Waals surface area (Å²) in [7, 11) is 0. The first-order chi connectivity index (χ1) is 10.3. The van der Waals surface area contributed by atoms with Gasteiger partial charge in [0.05, 0.1) is 13.2 Å². The van der Waals surface area contributed by atoms with Gasteiger partial charge in [-0.3, -0.25) is 4.79 Å². The van der Waals surface area contributed by atoms with Crippen molar-refractivity contribution in [3.05, 3.63) is 35.9 Å². The first kappa shape index (κ1) is 16.0. The molecule has 1 amide bonds. The number of piperidine rings is 1. The summed E-state index contributed by atoms with van der Waals surface area (Å²) in [6.45, 7) is 3.96. The summed E-state index contributed by atoms with van der Waals surface area (Å²) < 4.78 is 5.54. The van der Waals surface area contributed by atoms with Crippen LogP contribution in [0.15, 0.2) is 30.3 Å². The second kappa shape index (κ2) is 9.53. The molecule has 0 bridgehead atoms. The number of hydrogen-bond acceptors (Lipinski definition) is 3. The van der Waals surface area contributed by atoms with E-state index < -0.39 is 0 Å². The lowest BCUT2D eigenvalue weighted by Crippen LogP contribution is -2.30. The average Bonchev–Trinajstić information content (AvgIpc) is 2.54. The third kappa shape index (κ3) is 6.74. The molecule has 21 heavy (non-hydrogen) atoms. The third-order valence-electron chi connectivity index (χ3n) is 3.92. The van der Waals surface area contributed by atoms with E-state index in [-0.39, 0.29) is 5.91 Å². The Morgan fingerprint density at radius 1 is 1.24 bits per heavy atom. The van der Waals surface area contributed by atoms with Crippen molar-refractivity contribution >= 4 is 5.91 Å². The van der Waals surface area contributed by atoms with E-state index in [0.717, 1.165) is 25.1 Å². The molecule has 0 unspecified atom stereocenters. The quantitative estimate of drug-likeness (QED) is 0.721. The number of carbonyl (C=O) groups is 1. The van der Waals surface area contributed by atoms with Crippen molar-refractivity contribution in [1.82, 2.24) is 10.6 Å². The van der Waals surface area contributed by atoms with Crippen LogP contribution in [0.4, 0.5) is 0 Å². The van der Waals surface area contributed by atoms with E-state index in [1.807, 2.05) is 30.3 Å². The molecule has 0 saturated carbocycles. The molecule has 1 fully saturated rings. The fourth-order valence-electron chi connectivity index (χ4n) is 2.62. The zero-order valence-electron chi connectivity index (χ0n) is 12.6. The summed E-state index contributed by atoms with van der Waals surface area (Å²) >= 11 is 0. The van der Waals surface area contributed by atoms with Gasteiger partial charge in [0.1, 0.15) is 0 Å². The van der Waals surface area contributed by atoms with E-state index in [0.29, 0.717) is 32.1 Å². The van der Waals surface area contributed by atoms with Crippen molar-refractivity contribution < 1.29 is 9.53 Å². The van der Waals surface area contributed by atoms with Gasteiger partial charge in [0.15, 0.2) is 0 Å². The molecule has 1 aromatic rings. The molecule has 4 heteroatoms. The molecule has 0 aliphatic carbocycles. The number of carbonyl (C=O) groups excluding carboxylic acids is 1. The summed E-state index contributed by atoms with van der Waals surface area (Å²) in [5.74, 6) is 0.864. The zero-order valence-corrected chi connectivity index (χ0v) is 12.6. The molecule has 1 aliphatic rings. The highest BCUT2D eigenvalue weighted by atomic mass is 16.5. The molecule has 0 radical (unpaired) electrons. The molecule has 0 spiro atoms. The molecule has 2 N–H and O–H groups in total. The van der Waals surface area contributed by atoms with Crippen LogP contribution in [0, 0.1) is 5.92 Å². The van der Waals surface area contributed by atoms with Gasteiger partial charge < -0.3 is 15.4 Å². The maximum Gasteiger partial charge on any atom is 0.220 e. The Morgan fingerprint density at radius 2 is 2.00 bits per heavy atom. The van der Waals surface area contributed by atoms with Crippen molar-refractivity contribution in [3.63, 3.8) is 0 Å². The molecule has 116 valence electrons. The van der Waals surface area contributed by atoms with Gasteiger partial charge in [0.25, 0.3) is 0 Å². The molecule has 2 rings (SSSR count). The van der Waals surface area contributed by atoms with Crippen LogP contribution in [0.1, 0.15) is 31.2 Å². The highest BCUT2D eigenvalue weighted by Crippen LogP contribution is 2.17. The first-order valence-electron chi connectivity index (χ1n) is 7.93. The van der Waals surface area contributed by atoms with Crippen LogP contribution in [0.3, 0.4) is 0 Å². The monoisotopic (exact) mass is 290 g/mol. The van der Waals surface area contributed by atoms with Crippen molar-refractivity contribution in [1.29, 1.82) is 0 Å². The summed E-state index contributed by atoms with van der Waals surface area (Å²) in [5, 5.41) is 6.28. The van der Waals surface area contributed by atoms with Gasteiger partial charge in [-0.05, 0) is 43.8 Å². The third-order valence-corrected chi connectivity index (χ3v) is 3.92. The minimum atomic E-state index is 0.150. The fraction of sp³-hybridized carbons (Fsp3) is 0.588. The van der Waals surface area contributed by atoms with Crippen LogP contribution in [-0.4, -0.2) is 32.1 Å². The van der Waals surface area contributed by atoms with E-state index >= 15 is 0 Å². The van der Waals surface area contributed by atoms with Crippen LogP contribution in [0.2, 0.25) is 0 Å². The SMILES string of the molecule is O=C(CCC1CCNCC1)NCCOCc1ccccc1. The summed E-state index contributed by atoms with van der Waals surface area (Å²) in [6, 6.07) is 10.1. The predicted octanol–water partition coefficient (Wildman–Crippen LogP) is 2.10. The van der Waals surface area contributed by atoms with E-state index in [9.17, 15) is 4.79 Å². The number of rotatable bonds is 8. The maximum atomic E-state index is 11.7. The second-order valence-corrected chi connectivity index (χ2v) is 5.62. The predicted molar refractivity (Wildman–Crippen MR) is 83.9 cm³/mol. The molecule has 1 aromatic carbocycles. The lowest BCUT2D eigenvalue weighted by atomic mass is 9.93. The zero-order chi connectivity index (χ0) is 14.8. The van der Waals surface area contributed by atoms with Gasteiger partial charge >= 0.3 is 0 Å². The van der Waals surface area contributed by atoms with Crippen LogP contribution < -0.4 is 10.6 Å². The molecule has 1 heterocycles. The van der Waals surface area contributed by atoms with Gasteiger partial charge in [-0.2, -0.15) is 0 Å². The Kier molecular flexibility index (Phi) is 7.25. The number of nitrogens with one attached hydrogen (secondary N) is 2. The first-order valence-corrected chi connectivity index (χ1v) is 7.93. The van der Waals surface area contributed by atoms with Crippen molar-refractivity contribution in [2.75, 3.05) is 26.2 Å². The van der Waals surface area contributed by atoms with Gasteiger partial charge in [-0.1, -0.05) is 30.3 Å². The summed E-state index contributed by atoms with van der Waals surface area (Å²) in [4.78, 5) is 11.7. The van der Waals surface area contributed by atoms with E-state index in [1.165, 1.54) is 12.8 Å². The van der Waals surface area contributed by atoms with E-state index in [4.69, 9.17) is 4.74 Å². The van der Waals surface area contributed by atoms with Gasteiger partial charge in [0.2, 0.25) is 5.91 Å². The normalized spacial score (nSPS) is 15.8. The minimum Gasteiger partial charge on any atom is -0.375 e. The number of amides is 1. The Hall–Kier alpha value is -1.39. The van der Waals surface area contributed by atoms with Crippen LogP contribution in [-0.2, 0) is 16.1 Å². The van der Waals surface area contributed by atoms with Crippen molar-refractivity contribution in [3.8, 4) is 0 Å². The van der Waals surface area contributed by atoms with Gasteiger partial charge in [-0.25, -0.2) is 0 Å². The molecule has 4 nitrogen and oxygen atoms in total. The maximum absolute atomic E-state index is 11.7. The average molecular weight is 290 g/mol. The number of hydrogen-bond donors (Lipinski definition) is 2. The van der Waals surface area contributed by atoms with Crippen LogP contribution >= 0.6 is 0 Å². The largest absolute Gasteiger partial charge is 0.375 e. The summed E-state index contributed by atoms with van der Waals surface area (Å²) in [6.07, 6.45) is 4.06. The Morgan fingerprint density at radius 3 is 2.76 bits per heavy atom. The summed E-state index contributed by atoms with van der Waals surface area (Å²) in [5.41, 5.74) is 1.16. The molecular weight excluding hydrogens is 264 g/mol. The smallest absolute Gasteiger partial charge is 0.220 e. The van der Waals surface area contributed by atoms with Gasteiger partial charge in [0, 0.05) is 13.0 Å². The van der Waals surface area contributed by atoms with Crippen molar-refractivity contribution in [2.24, 2.45) is 5.92 Å². The lowest BCUT2D eigenvalue weighted by molar-refractivity contribution is -0.121. The minimum absolute atomic E-state index is 0.150.